The Balaban J connectivity index is 1.30. The van der Waals surface area contributed by atoms with Crippen LogP contribution in [-0.2, 0) is 6.42 Å². The summed E-state index contributed by atoms with van der Waals surface area (Å²) in [6, 6.07) is 14.5. The molecule has 0 aliphatic heterocycles. The summed E-state index contributed by atoms with van der Waals surface area (Å²) in [5, 5.41) is 26.7. The Hall–Kier alpha value is -4.68. The van der Waals surface area contributed by atoms with E-state index >= 15 is 0 Å². The maximum Gasteiger partial charge on any atom is 0.355 e. The Labute approximate surface area is 312 Å². The minimum absolute atomic E-state index is 0.00225. The molecule has 0 amide bonds. The minimum atomic E-state index is -1.10. The number of carboxylic acid groups (broad SMARTS) is 1. The van der Waals surface area contributed by atoms with Gasteiger partial charge in [-0.1, -0.05) is 41.7 Å². The Morgan fingerprint density at radius 1 is 1.02 bits per heavy atom. The zero-order chi connectivity index (χ0) is 37.1. The fourth-order valence-corrected chi connectivity index (χ4v) is 7.40. The minimum Gasteiger partial charge on any atom is -0.491 e. The van der Waals surface area contributed by atoms with Gasteiger partial charge in [0.25, 0.3) is 0 Å². The maximum absolute atomic E-state index is 14.6. The van der Waals surface area contributed by atoms with E-state index in [0.29, 0.717) is 53.1 Å². The number of aromatic nitrogens is 4. The van der Waals surface area contributed by atoms with Gasteiger partial charge in [0.2, 0.25) is 0 Å². The van der Waals surface area contributed by atoms with Gasteiger partial charge in [0.05, 0.1) is 51.1 Å². The molecule has 0 saturated heterocycles. The first kappa shape index (κ1) is 38.5. The van der Waals surface area contributed by atoms with Crippen molar-refractivity contribution in [2.45, 2.75) is 45.4 Å². The average molecular weight is 746 g/mol. The number of carbonyl (C=O) groups is 1. The summed E-state index contributed by atoms with van der Waals surface area (Å²) >= 11 is 2.87. The third-order valence-corrected chi connectivity index (χ3v) is 10.2. The van der Waals surface area contributed by atoms with Crippen LogP contribution in [-0.4, -0.2) is 90.2 Å². The van der Waals surface area contributed by atoms with E-state index in [9.17, 15) is 14.3 Å². The molecular formula is C38H46FN8O3S2+. The van der Waals surface area contributed by atoms with Crippen molar-refractivity contribution in [3.05, 3.63) is 76.0 Å². The van der Waals surface area contributed by atoms with E-state index in [1.54, 1.807) is 30.5 Å². The number of carboxylic acids is 1. The SMILES string of the molecule is CNCC#Cc1ccc(OCCCc2sc(N(CCCCCC[N+](C)(C)C)c3cc(C)c(Nc4nc5ccccc5s4)nn3)nc2C(=O)O)c(F)c1. The Morgan fingerprint density at radius 3 is 2.56 bits per heavy atom. The van der Waals surface area contributed by atoms with E-state index in [0.717, 1.165) is 57.6 Å². The number of aryl methyl sites for hydroxylation is 2. The molecule has 274 valence electrons. The van der Waals surface area contributed by atoms with Crippen molar-refractivity contribution in [1.82, 2.24) is 25.5 Å². The molecule has 0 aliphatic rings. The Kier molecular flexibility index (Phi) is 13.5. The number of quaternary nitrogens is 1. The van der Waals surface area contributed by atoms with Crippen LogP contribution in [0.3, 0.4) is 0 Å². The largest absolute Gasteiger partial charge is 0.491 e. The number of aromatic carboxylic acids is 1. The Bertz CT molecular complexity index is 2000. The van der Waals surface area contributed by atoms with E-state index in [4.69, 9.17) is 4.74 Å². The van der Waals surface area contributed by atoms with Gasteiger partial charge in [0.15, 0.2) is 39.2 Å². The number of benzene rings is 2. The third-order valence-electron chi connectivity index (χ3n) is 8.08. The third kappa shape index (κ3) is 10.9. The number of anilines is 4. The lowest BCUT2D eigenvalue weighted by Gasteiger charge is -2.24. The van der Waals surface area contributed by atoms with Gasteiger partial charge in [-0.15, -0.1) is 21.5 Å². The zero-order valence-electron chi connectivity index (χ0n) is 30.3. The molecule has 2 aromatic carbocycles. The molecule has 0 saturated carbocycles. The second-order valence-corrected chi connectivity index (χ2v) is 15.5. The highest BCUT2D eigenvalue weighted by Gasteiger charge is 2.23. The van der Waals surface area contributed by atoms with E-state index in [2.05, 4.69) is 63.8 Å². The normalized spacial score (nSPS) is 11.3. The number of fused-ring (bicyclic) bond motifs is 1. The number of halogens is 1. The molecule has 14 heteroatoms. The number of nitrogens with one attached hydrogen (secondary N) is 2. The topological polar surface area (TPSA) is 125 Å². The van der Waals surface area contributed by atoms with E-state index in [-0.39, 0.29) is 18.1 Å². The highest BCUT2D eigenvalue weighted by atomic mass is 32.1. The number of nitrogens with zero attached hydrogens (tertiary/aromatic N) is 6. The molecule has 0 atom stereocenters. The summed E-state index contributed by atoms with van der Waals surface area (Å²) in [6.45, 7) is 4.38. The first-order valence-corrected chi connectivity index (χ1v) is 19.0. The van der Waals surface area contributed by atoms with Crippen molar-refractivity contribution >= 4 is 60.8 Å². The molecule has 11 nitrogen and oxygen atoms in total. The summed E-state index contributed by atoms with van der Waals surface area (Å²) in [5.74, 6) is 5.54. The number of hydrogen-bond donors (Lipinski definition) is 3. The second kappa shape index (κ2) is 18.2. The molecule has 0 unspecified atom stereocenters. The molecule has 3 N–H and O–H groups in total. The highest BCUT2D eigenvalue weighted by Crippen LogP contribution is 2.34. The molecule has 52 heavy (non-hydrogen) atoms. The van der Waals surface area contributed by atoms with Crippen LogP contribution in [0.25, 0.3) is 10.2 Å². The number of para-hydroxylation sites is 1. The van der Waals surface area contributed by atoms with Crippen molar-refractivity contribution in [3.8, 4) is 17.6 Å². The van der Waals surface area contributed by atoms with E-state index < -0.39 is 11.8 Å². The van der Waals surface area contributed by atoms with Gasteiger partial charge in [-0.2, -0.15) is 0 Å². The van der Waals surface area contributed by atoms with E-state index in [1.165, 1.54) is 17.4 Å². The molecule has 5 rings (SSSR count). The maximum atomic E-state index is 14.6. The molecule has 0 spiro atoms. The van der Waals surface area contributed by atoms with E-state index in [1.807, 2.05) is 42.2 Å². The lowest BCUT2D eigenvalue weighted by molar-refractivity contribution is -0.870. The monoisotopic (exact) mass is 745 g/mol. The summed E-state index contributed by atoms with van der Waals surface area (Å²) in [7, 11) is 8.39. The molecule has 5 aromatic rings. The van der Waals surface area contributed by atoms with Gasteiger partial charge in [-0.3, -0.25) is 0 Å². The average Bonchev–Trinajstić information content (AvgIpc) is 3.72. The fourth-order valence-electron chi connectivity index (χ4n) is 5.41. The van der Waals surface area contributed by atoms with Crippen LogP contribution in [0.2, 0.25) is 0 Å². The van der Waals surface area contributed by atoms with Gasteiger partial charge >= 0.3 is 5.97 Å². The predicted octanol–water partition coefficient (Wildman–Crippen LogP) is 7.42. The Morgan fingerprint density at radius 2 is 1.83 bits per heavy atom. The number of thiazole rings is 2. The summed E-state index contributed by atoms with van der Waals surface area (Å²) in [4.78, 5) is 24.2. The highest BCUT2D eigenvalue weighted by molar-refractivity contribution is 7.22. The van der Waals surface area contributed by atoms with Crippen LogP contribution < -0.4 is 20.3 Å². The molecule has 0 fully saturated rings. The van der Waals surface area contributed by atoms with Gasteiger partial charge < -0.3 is 29.9 Å². The van der Waals surface area contributed by atoms with Crippen molar-refractivity contribution < 1.29 is 23.5 Å². The number of unbranched alkanes of at least 4 members (excludes halogenated alkanes) is 3. The molecular weight excluding hydrogens is 700 g/mol. The standard InChI is InChI=1S/C38H45FN8O3S2/c1-26-24-33(44-45-35(26)43-37-41-29-15-8-9-16-31(29)51-37)46(21-10-6-7-11-22-47(3,4)5)38-42-34(36(48)49)32(52-38)17-13-23-50-30-19-18-27(25-28(30)39)14-12-20-40-2/h8-9,15-16,18-19,24-25,40H,6-7,10-11,13,17,20-23H2,1-5H3,(H-,41,43,45,48,49)/p+1. The molecule has 0 aliphatic carbocycles. The van der Waals surface area contributed by atoms with Gasteiger partial charge in [-0.05, 0) is 88.0 Å². The van der Waals surface area contributed by atoms with Crippen LogP contribution in [0, 0.1) is 24.6 Å². The van der Waals surface area contributed by atoms with Crippen LogP contribution in [0.5, 0.6) is 5.75 Å². The van der Waals surface area contributed by atoms with Crippen molar-refractivity contribution in [1.29, 1.82) is 0 Å². The number of ether oxygens (including phenoxy) is 1. The van der Waals surface area contributed by atoms with Crippen molar-refractivity contribution in [2.24, 2.45) is 0 Å². The molecule has 3 aromatic heterocycles. The summed E-state index contributed by atoms with van der Waals surface area (Å²) < 4.78 is 22.4. The smallest absolute Gasteiger partial charge is 0.355 e. The van der Waals surface area contributed by atoms with Crippen LogP contribution >= 0.6 is 22.7 Å². The van der Waals surface area contributed by atoms with Crippen LogP contribution in [0.15, 0.2) is 48.5 Å². The van der Waals surface area contributed by atoms with Crippen LogP contribution in [0.1, 0.15) is 58.6 Å². The first-order valence-electron chi connectivity index (χ1n) is 17.3. The van der Waals surface area contributed by atoms with Gasteiger partial charge in [0.1, 0.15) is 0 Å². The lowest BCUT2D eigenvalue weighted by Crippen LogP contribution is -2.35. The first-order chi connectivity index (χ1) is 25.0. The van der Waals surface area contributed by atoms with Crippen molar-refractivity contribution in [2.75, 3.05) is 64.6 Å². The van der Waals surface area contributed by atoms with Crippen LogP contribution in [0.4, 0.5) is 26.3 Å². The van der Waals surface area contributed by atoms with Gasteiger partial charge in [0, 0.05) is 17.0 Å². The quantitative estimate of drug-likeness (QED) is 0.0474. The fraction of sp³-hybridized carbons (Fsp3) is 0.395. The number of rotatable bonds is 18. The molecule has 0 radical (unpaired) electrons. The van der Waals surface area contributed by atoms with Gasteiger partial charge in [-0.25, -0.2) is 19.2 Å². The summed E-state index contributed by atoms with van der Waals surface area (Å²) in [5.41, 5.74) is 2.35. The lowest BCUT2D eigenvalue weighted by atomic mass is 10.1. The zero-order valence-corrected chi connectivity index (χ0v) is 32.0. The molecule has 0 bridgehead atoms. The predicted molar refractivity (Wildman–Crippen MR) is 208 cm³/mol. The van der Waals surface area contributed by atoms with Crippen molar-refractivity contribution in [3.63, 3.8) is 0 Å². The summed E-state index contributed by atoms with van der Waals surface area (Å²) in [6.07, 6.45) is 4.99. The molecule has 3 heterocycles. The second-order valence-electron chi connectivity index (χ2n) is 13.4. The number of hydrogen-bond acceptors (Lipinski definition) is 11.